The molecule has 0 atom stereocenters. The molecule has 6 heteroatoms. The minimum Gasteiger partial charge on any atom is -0.422 e. The van der Waals surface area contributed by atoms with E-state index in [4.69, 9.17) is 4.42 Å². The molecule has 2 aromatic heterocycles. The molecule has 0 radical (unpaired) electrons. The summed E-state index contributed by atoms with van der Waals surface area (Å²) in [6.07, 6.45) is 4.29. The van der Waals surface area contributed by atoms with Crippen LogP contribution in [0.25, 0.3) is 11.6 Å². The van der Waals surface area contributed by atoms with Gasteiger partial charge in [0.1, 0.15) is 12.0 Å². The fourth-order valence-corrected chi connectivity index (χ4v) is 1.14. The maximum atomic E-state index is 4.96. The standard InChI is InChI=1S/C6H3BrN4O/c7-4-1-8-2-9-5(4)6-11-10-3-12-6/h1-3H. The molecule has 0 aliphatic carbocycles. The zero-order valence-corrected chi connectivity index (χ0v) is 7.39. The van der Waals surface area contributed by atoms with Gasteiger partial charge < -0.3 is 4.42 Å². The van der Waals surface area contributed by atoms with Crippen LogP contribution in [0.4, 0.5) is 0 Å². The molecule has 0 saturated heterocycles. The molecule has 0 amide bonds. The molecular weight excluding hydrogens is 224 g/mol. The molecule has 0 N–H and O–H groups in total. The number of halogens is 1. The summed E-state index contributed by atoms with van der Waals surface area (Å²) < 4.78 is 5.69. The zero-order valence-electron chi connectivity index (χ0n) is 5.81. The highest BCUT2D eigenvalue weighted by atomic mass is 79.9. The first-order chi connectivity index (χ1) is 5.88. The summed E-state index contributed by atoms with van der Waals surface area (Å²) in [4.78, 5) is 7.77. The lowest BCUT2D eigenvalue weighted by atomic mass is 10.4. The van der Waals surface area contributed by atoms with Crippen molar-refractivity contribution in [2.24, 2.45) is 0 Å². The molecule has 0 aliphatic rings. The number of hydrogen-bond acceptors (Lipinski definition) is 5. The zero-order chi connectivity index (χ0) is 8.39. The van der Waals surface area contributed by atoms with Crippen LogP contribution < -0.4 is 0 Å². The largest absolute Gasteiger partial charge is 0.422 e. The molecular formula is C6H3BrN4O. The summed E-state index contributed by atoms with van der Waals surface area (Å²) >= 11 is 3.26. The highest BCUT2D eigenvalue weighted by Crippen LogP contribution is 2.21. The van der Waals surface area contributed by atoms with Crippen molar-refractivity contribution in [3.63, 3.8) is 0 Å². The van der Waals surface area contributed by atoms with E-state index >= 15 is 0 Å². The Morgan fingerprint density at radius 3 is 3.00 bits per heavy atom. The van der Waals surface area contributed by atoms with Gasteiger partial charge in [-0.1, -0.05) is 0 Å². The fraction of sp³-hybridized carbons (Fsp3) is 0. The SMILES string of the molecule is Brc1cncnc1-c1nnco1. The smallest absolute Gasteiger partial charge is 0.267 e. The molecule has 2 heterocycles. The first kappa shape index (κ1) is 7.35. The monoisotopic (exact) mass is 226 g/mol. The van der Waals surface area contributed by atoms with E-state index in [1.165, 1.54) is 12.7 Å². The van der Waals surface area contributed by atoms with Crippen LogP contribution in [0, 0.1) is 0 Å². The van der Waals surface area contributed by atoms with Crippen LogP contribution in [0.1, 0.15) is 0 Å². The minimum atomic E-state index is 0.379. The molecule has 2 rings (SSSR count). The topological polar surface area (TPSA) is 64.7 Å². The Labute approximate surface area is 76.0 Å². The van der Waals surface area contributed by atoms with Gasteiger partial charge in [-0.15, -0.1) is 10.2 Å². The predicted octanol–water partition coefficient (Wildman–Crippen LogP) is 1.29. The second-order valence-electron chi connectivity index (χ2n) is 1.96. The van der Waals surface area contributed by atoms with Crippen molar-refractivity contribution in [3.8, 4) is 11.6 Å². The van der Waals surface area contributed by atoms with Crippen LogP contribution in [0.3, 0.4) is 0 Å². The summed E-state index contributed by atoms with van der Waals surface area (Å²) in [6, 6.07) is 0. The summed E-state index contributed by atoms with van der Waals surface area (Å²) in [5.41, 5.74) is 0.600. The number of rotatable bonds is 1. The lowest BCUT2D eigenvalue weighted by molar-refractivity contribution is 0.565. The van der Waals surface area contributed by atoms with Crippen molar-refractivity contribution in [1.82, 2.24) is 20.2 Å². The van der Waals surface area contributed by atoms with E-state index in [0.717, 1.165) is 4.47 Å². The van der Waals surface area contributed by atoms with E-state index in [1.54, 1.807) is 6.20 Å². The van der Waals surface area contributed by atoms with E-state index in [-0.39, 0.29) is 0 Å². The van der Waals surface area contributed by atoms with Gasteiger partial charge in [-0.25, -0.2) is 9.97 Å². The van der Waals surface area contributed by atoms with E-state index in [9.17, 15) is 0 Å². The Morgan fingerprint density at radius 2 is 2.33 bits per heavy atom. The van der Waals surface area contributed by atoms with E-state index in [2.05, 4.69) is 36.1 Å². The normalized spacial score (nSPS) is 10.1. The molecule has 5 nitrogen and oxygen atoms in total. The molecule has 2 aromatic rings. The van der Waals surface area contributed by atoms with Crippen LogP contribution in [0.2, 0.25) is 0 Å². The molecule has 0 aliphatic heterocycles. The second kappa shape index (κ2) is 2.98. The Morgan fingerprint density at radius 1 is 1.42 bits per heavy atom. The van der Waals surface area contributed by atoms with Gasteiger partial charge in [-0.05, 0) is 15.9 Å². The third-order valence-corrected chi connectivity index (χ3v) is 1.81. The first-order valence-electron chi connectivity index (χ1n) is 3.10. The van der Waals surface area contributed by atoms with Crippen LogP contribution in [-0.4, -0.2) is 20.2 Å². The Bertz CT molecular complexity index is 375. The van der Waals surface area contributed by atoms with Crippen LogP contribution in [0.15, 0.2) is 27.8 Å². The van der Waals surface area contributed by atoms with Crippen molar-refractivity contribution >= 4 is 15.9 Å². The summed E-state index contributed by atoms with van der Waals surface area (Å²) in [6.45, 7) is 0. The molecule has 0 unspecified atom stereocenters. The predicted molar refractivity (Wildman–Crippen MR) is 43.0 cm³/mol. The lowest BCUT2D eigenvalue weighted by Gasteiger charge is -1.93. The Kier molecular flexibility index (Phi) is 1.83. The Hall–Kier alpha value is -1.30. The lowest BCUT2D eigenvalue weighted by Crippen LogP contribution is -1.86. The summed E-state index contributed by atoms with van der Waals surface area (Å²) in [7, 11) is 0. The van der Waals surface area contributed by atoms with Crippen LogP contribution in [-0.2, 0) is 0 Å². The molecule has 0 saturated carbocycles. The third kappa shape index (κ3) is 1.20. The quantitative estimate of drug-likeness (QED) is 0.734. The van der Waals surface area contributed by atoms with Gasteiger partial charge >= 0.3 is 0 Å². The van der Waals surface area contributed by atoms with Gasteiger partial charge in [-0.2, -0.15) is 0 Å². The van der Waals surface area contributed by atoms with Gasteiger partial charge in [0.15, 0.2) is 0 Å². The van der Waals surface area contributed by atoms with Gasteiger partial charge in [0.25, 0.3) is 5.89 Å². The van der Waals surface area contributed by atoms with Gasteiger partial charge in [0.05, 0.1) is 4.47 Å². The fourth-order valence-electron chi connectivity index (χ4n) is 0.746. The Balaban J connectivity index is 2.55. The maximum Gasteiger partial charge on any atom is 0.267 e. The average Bonchev–Trinajstić information content (AvgIpc) is 2.57. The van der Waals surface area contributed by atoms with Crippen molar-refractivity contribution in [3.05, 3.63) is 23.4 Å². The number of nitrogens with zero attached hydrogens (tertiary/aromatic N) is 4. The van der Waals surface area contributed by atoms with Crippen molar-refractivity contribution in [2.45, 2.75) is 0 Å². The van der Waals surface area contributed by atoms with Gasteiger partial charge in [0.2, 0.25) is 6.39 Å². The van der Waals surface area contributed by atoms with Crippen LogP contribution >= 0.6 is 15.9 Å². The third-order valence-electron chi connectivity index (χ3n) is 1.23. The molecule has 0 aromatic carbocycles. The average molecular weight is 227 g/mol. The first-order valence-corrected chi connectivity index (χ1v) is 3.89. The van der Waals surface area contributed by atoms with Gasteiger partial charge in [0, 0.05) is 6.20 Å². The molecule has 0 spiro atoms. The van der Waals surface area contributed by atoms with Crippen molar-refractivity contribution in [1.29, 1.82) is 0 Å². The van der Waals surface area contributed by atoms with Crippen molar-refractivity contribution in [2.75, 3.05) is 0 Å². The van der Waals surface area contributed by atoms with E-state index < -0.39 is 0 Å². The van der Waals surface area contributed by atoms with Crippen molar-refractivity contribution < 1.29 is 4.42 Å². The molecule has 60 valence electrons. The number of hydrogen-bond donors (Lipinski definition) is 0. The highest BCUT2D eigenvalue weighted by molar-refractivity contribution is 9.10. The summed E-state index contributed by atoms with van der Waals surface area (Å²) in [5.74, 6) is 0.379. The highest BCUT2D eigenvalue weighted by Gasteiger charge is 2.08. The minimum absolute atomic E-state index is 0.379. The maximum absolute atomic E-state index is 4.96. The second-order valence-corrected chi connectivity index (χ2v) is 2.82. The van der Waals surface area contributed by atoms with E-state index in [1.807, 2.05) is 0 Å². The van der Waals surface area contributed by atoms with E-state index in [0.29, 0.717) is 11.6 Å². The summed E-state index contributed by atoms with van der Waals surface area (Å²) in [5, 5.41) is 7.25. The van der Waals surface area contributed by atoms with Gasteiger partial charge in [-0.3, -0.25) is 0 Å². The number of aromatic nitrogens is 4. The molecule has 0 bridgehead atoms. The molecule has 12 heavy (non-hydrogen) atoms. The van der Waals surface area contributed by atoms with Crippen LogP contribution in [0.5, 0.6) is 0 Å². The molecule has 0 fully saturated rings.